The zero-order chi connectivity index (χ0) is 46.7. The zero-order valence-electron chi connectivity index (χ0n) is 43.3. The van der Waals surface area contributed by atoms with Crippen LogP contribution < -0.4 is 5.32 Å². The number of carbonyl (C=O) groups is 1. The molecule has 0 aliphatic heterocycles. The lowest BCUT2D eigenvalue weighted by atomic mass is 10.00. The molecule has 0 aromatic carbocycles. The van der Waals surface area contributed by atoms with Gasteiger partial charge in [-0.05, 0) is 38.5 Å². The van der Waals surface area contributed by atoms with Gasteiger partial charge in [0, 0.05) is 0 Å². The molecule has 382 valence electrons. The van der Waals surface area contributed by atoms with Gasteiger partial charge in [0.25, 0.3) is 0 Å². The van der Waals surface area contributed by atoms with E-state index in [-0.39, 0.29) is 0 Å². The number of hydrogen-bond donors (Lipinski definition) is 5. The first kappa shape index (κ1) is 63.0. The van der Waals surface area contributed by atoms with Gasteiger partial charge in [-0.2, -0.15) is 0 Å². The summed E-state index contributed by atoms with van der Waals surface area (Å²) in [6.07, 6.45) is 62.9. The van der Waals surface area contributed by atoms with E-state index >= 15 is 0 Å². The van der Waals surface area contributed by atoms with E-state index in [0.717, 1.165) is 38.5 Å². The fourth-order valence-electron chi connectivity index (χ4n) is 9.41. The number of aliphatic hydroxyl groups is 4. The highest BCUT2D eigenvalue weighted by Crippen LogP contribution is 2.18. The van der Waals surface area contributed by atoms with Gasteiger partial charge in [-0.15, -0.1) is 0 Å². The molecule has 6 heteroatoms. The third kappa shape index (κ3) is 46.2. The normalized spacial score (nSPS) is 13.8. The molecule has 0 radical (unpaired) electrons. The first-order chi connectivity index (χ1) is 31.5. The van der Waals surface area contributed by atoms with Crippen LogP contribution in [0.1, 0.15) is 322 Å². The van der Waals surface area contributed by atoms with E-state index in [1.54, 1.807) is 0 Å². The highest BCUT2D eigenvalue weighted by atomic mass is 16.3. The number of carbonyl (C=O) groups excluding carboxylic acids is 1. The van der Waals surface area contributed by atoms with Gasteiger partial charge in [0.1, 0.15) is 12.2 Å². The topological polar surface area (TPSA) is 110 Å². The van der Waals surface area contributed by atoms with Crippen molar-refractivity contribution in [2.45, 2.75) is 346 Å². The Morgan fingerprint density at radius 1 is 0.375 bits per heavy atom. The largest absolute Gasteiger partial charge is 0.394 e. The van der Waals surface area contributed by atoms with Crippen LogP contribution in [0, 0.1) is 0 Å². The Hall–Kier alpha value is -0.950. The Kier molecular flexibility index (Phi) is 52.2. The van der Waals surface area contributed by atoms with Gasteiger partial charge in [-0.1, -0.05) is 296 Å². The summed E-state index contributed by atoms with van der Waals surface area (Å²) in [4.78, 5) is 12.6. The van der Waals surface area contributed by atoms with Crippen molar-refractivity contribution in [3.05, 3.63) is 12.2 Å². The molecule has 0 aliphatic carbocycles. The molecule has 0 bridgehead atoms. The molecule has 1 amide bonds. The van der Waals surface area contributed by atoms with Crippen molar-refractivity contribution < 1.29 is 25.2 Å². The number of amides is 1. The quantitative estimate of drug-likeness (QED) is 0.0308. The molecule has 0 aliphatic rings. The average molecular weight is 907 g/mol. The van der Waals surface area contributed by atoms with Crippen molar-refractivity contribution >= 4 is 5.91 Å². The Morgan fingerprint density at radius 3 is 0.938 bits per heavy atom. The van der Waals surface area contributed by atoms with Crippen molar-refractivity contribution in [2.24, 2.45) is 0 Å². The van der Waals surface area contributed by atoms with E-state index in [1.807, 2.05) is 0 Å². The molecule has 0 fully saturated rings. The van der Waals surface area contributed by atoms with Crippen LogP contribution in [0.3, 0.4) is 0 Å². The van der Waals surface area contributed by atoms with Crippen LogP contribution in [0.15, 0.2) is 12.2 Å². The van der Waals surface area contributed by atoms with Crippen molar-refractivity contribution in [1.82, 2.24) is 5.32 Å². The smallest absolute Gasteiger partial charge is 0.249 e. The molecule has 0 aromatic rings. The van der Waals surface area contributed by atoms with Gasteiger partial charge in [0.15, 0.2) is 0 Å². The number of unbranched alkanes of at least 4 members (excludes halogenated alkanes) is 43. The number of rotatable bonds is 54. The summed E-state index contributed by atoms with van der Waals surface area (Å²) in [6, 6.07) is -0.999. The minimum Gasteiger partial charge on any atom is -0.394 e. The van der Waals surface area contributed by atoms with E-state index in [9.17, 15) is 25.2 Å². The lowest BCUT2D eigenvalue weighted by Gasteiger charge is -2.27. The predicted octanol–water partition coefficient (Wildman–Crippen LogP) is 16.9. The van der Waals surface area contributed by atoms with E-state index < -0.39 is 36.9 Å². The second-order valence-electron chi connectivity index (χ2n) is 20.3. The third-order valence-corrected chi connectivity index (χ3v) is 14.0. The molecule has 0 spiro atoms. The Balaban J connectivity index is 3.61. The SMILES string of the molecule is CCCCCCCCCCCCCCCCCCCCCCCCC/C=C/CCCC(O)C(O)C(CO)NC(=O)C(O)CCCCCCCCCCCCCCCCCCCCCC. The van der Waals surface area contributed by atoms with Crippen LogP contribution in [0.5, 0.6) is 0 Å². The summed E-state index contributed by atoms with van der Waals surface area (Å²) in [5, 5.41) is 44.0. The van der Waals surface area contributed by atoms with Crippen LogP contribution in [-0.2, 0) is 4.79 Å². The van der Waals surface area contributed by atoms with Crippen LogP contribution in [0.2, 0.25) is 0 Å². The fraction of sp³-hybridized carbons (Fsp3) is 0.948. The van der Waals surface area contributed by atoms with Gasteiger partial charge in [0.2, 0.25) is 5.91 Å². The fourth-order valence-corrected chi connectivity index (χ4v) is 9.41. The maximum absolute atomic E-state index is 12.6. The summed E-state index contributed by atoms with van der Waals surface area (Å²) < 4.78 is 0. The van der Waals surface area contributed by atoms with Gasteiger partial charge in [-0.3, -0.25) is 4.79 Å². The molecular weight excluding hydrogens is 791 g/mol. The van der Waals surface area contributed by atoms with E-state index in [4.69, 9.17) is 0 Å². The highest BCUT2D eigenvalue weighted by Gasteiger charge is 2.28. The molecule has 0 saturated heterocycles. The molecule has 0 aromatic heterocycles. The summed E-state index contributed by atoms with van der Waals surface area (Å²) in [7, 11) is 0. The lowest BCUT2D eigenvalue weighted by Crippen LogP contribution is -2.53. The van der Waals surface area contributed by atoms with E-state index in [1.165, 1.54) is 257 Å². The van der Waals surface area contributed by atoms with Crippen LogP contribution in [0.4, 0.5) is 0 Å². The van der Waals surface area contributed by atoms with Crippen molar-refractivity contribution in [2.75, 3.05) is 6.61 Å². The Labute approximate surface area is 400 Å². The second-order valence-corrected chi connectivity index (χ2v) is 20.3. The summed E-state index contributed by atoms with van der Waals surface area (Å²) >= 11 is 0. The molecule has 0 saturated carbocycles. The standard InChI is InChI=1S/C58H115NO5/c1-3-5-7-9-11-13-15-17-19-21-23-25-26-27-28-29-30-31-32-34-35-37-39-41-43-45-47-49-51-55(61)57(63)54(53-60)59-58(64)56(62)52-50-48-46-44-42-40-38-36-33-24-22-20-18-16-14-12-10-8-6-4-2/h43,45,54-57,60-63H,3-42,44,46-53H2,1-2H3,(H,59,64)/b45-43+. The molecule has 5 N–H and O–H groups in total. The zero-order valence-corrected chi connectivity index (χ0v) is 43.3. The number of hydrogen-bond acceptors (Lipinski definition) is 5. The maximum Gasteiger partial charge on any atom is 0.249 e. The number of aliphatic hydroxyl groups excluding tert-OH is 4. The lowest BCUT2D eigenvalue weighted by molar-refractivity contribution is -0.132. The molecular formula is C58H115NO5. The summed E-state index contributed by atoms with van der Waals surface area (Å²) in [5.41, 5.74) is 0. The second kappa shape index (κ2) is 53.0. The first-order valence-electron chi connectivity index (χ1n) is 29.1. The van der Waals surface area contributed by atoms with Gasteiger partial charge < -0.3 is 25.7 Å². The van der Waals surface area contributed by atoms with Gasteiger partial charge in [0.05, 0.1) is 18.8 Å². The molecule has 0 heterocycles. The van der Waals surface area contributed by atoms with Gasteiger partial charge >= 0.3 is 0 Å². The van der Waals surface area contributed by atoms with E-state index in [0.29, 0.717) is 12.8 Å². The average Bonchev–Trinajstić information content (AvgIpc) is 3.30. The van der Waals surface area contributed by atoms with Crippen LogP contribution in [-0.4, -0.2) is 57.3 Å². The monoisotopic (exact) mass is 906 g/mol. The van der Waals surface area contributed by atoms with Gasteiger partial charge in [-0.25, -0.2) is 0 Å². The predicted molar refractivity (Wildman–Crippen MR) is 279 cm³/mol. The number of allylic oxidation sites excluding steroid dienone is 2. The molecule has 4 atom stereocenters. The van der Waals surface area contributed by atoms with Crippen molar-refractivity contribution in [3.63, 3.8) is 0 Å². The van der Waals surface area contributed by atoms with E-state index in [2.05, 4.69) is 31.3 Å². The molecule has 64 heavy (non-hydrogen) atoms. The maximum atomic E-state index is 12.6. The summed E-state index contributed by atoms with van der Waals surface area (Å²) in [6.45, 7) is 4.09. The first-order valence-corrected chi connectivity index (χ1v) is 29.1. The molecule has 4 unspecified atom stereocenters. The minimum atomic E-state index is -1.28. The molecule has 6 nitrogen and oxygen atoms in total. The summed E-state index contributed by atoms with van der Waals surface area (Å²) in [5.74, 6) is -0.586. The minimum absolute atomic E-state index is 0.369. The number of nitrogens with one attached hydrogen (secondary N) is 1. The van der Waals surface area contributed by atoms with Crippen LogP contribution >= 0.6 is 0 Å². The Morgan fingerprint density at radius 2 is 0.641 bits per heavy atom. The Bertz CT molecular complexity index is 928. The third-order valence-electron chi connectivity index (χ3n) is 14.0. The van der Waals surface area contributed by atoms with Crippen molar-refractivity contribution in [1.29, 1.82) is 0 Å². The highest BCUT2D eigenvalue weighted by molar-refractivity contribution is 5.80. The molecule has 0 rings (SSSR count). The van der Waals surface area contributed by atoms with Crippen LogP contribution in [0.25, 0.3) is 0 Å². The van der Waals surface area contributed by atoms with Crippen molar-refractivity contribution in [3.8, 4) is 0 Å².